The van der Waals surface area contributed by atoms with Crippen LogP contribution in [-0.2, 0) is 16.6 Å². The zero-order chi connectivity index (χ0) is 16.5. The number of thiazole rings is 1. The molecule has 1 amide bonds. The van der Waals surface area contributed by atoms with Gasteiger partial charge in [0.25, 0.3) is 0 Å². The minimum atomic E-state index is -0.0906. The smallest absolute Gasteiger partial charge is 0.245 e. The van der Waals surface area contributed by atoms with Crippen LogP contribution in [0.1, 0.15) is 24.0 Å². The van der Waals surface area contributed by atoms with Gasteiger partial charge in [0.2, 0.25) is 5.91 Å². The van der Waals surface area contributed by atoms with Crippen molar-refractivity contribution in [2.24, 2.45) is 7.05 Å². The van der Waals surface area contributed by atoms with Gasteiger partial charge in [-0.15, -0.1) is 11.3 Å². The predicted octanol–water partition coefficient (Wildman–Crippen LogP) is 1.45. The van der Waals surface area contributed by atoms with E-state index >= 15 is 0 Å². The highest BCUT2D eigenvalue weighted by Crippen LogP contribution is 2.28. The molecule has 2 aromatic rings. The Kier molecular flexibility index (Phi) is 4.34. The number of amides is 1. The molecule has 7 nitrogen and oxygen atoms in total. The highest BCUT2D eigenvalue weighted by atomic mass is 32.1. The predicted molar refractivity (Wildman–Crippen MR) is 91.0 cm³/mol. The maximum atomic E-state index is 13.0. The molecule has 8 heteroatoms. The molecule has 2 aromatic heterocycles. The third kappa shape index (κ3) is 2.97. The molecule has 24 heavy (non-hydrogen) atoms. The summed E-state index contributed by atoms with van der Waals surface area (Å²) in [7, 11) is 1.87. The second kappa shape index (κ2) is 6.62. The van der Waals surface area contributed by atoms with Gasteiger partial charge in [-0.25, -0.2) is 4.98 Å². The summed E-state index contributed by atoms with van der Waals surface area (Å²) in [4.78, 5) is 21.4. The summed E-state index contributed by atoms with van der Waals surface area (Å²) in [5, 5.41) is 7.34. The number of piperidine rings is 1. The van der Waals surface area contributed by atoms with E-state index in [1.165, 1.54) is 0 Å². The van der Waals surface area contributed by atoms with E-state index in [2.05, 4.69) is 15.0 Å². The number of aryl methyl sites for hydroxylation is 1. The van der Waals surface area contributed by atoms with Gasteiger partial charge in [0.1, 0.15) is 11.1 Å². The first-order chi connectivity index (χ1) is 11.7. The number of carbonyl (C=O) groups is 1. The molecule has 2 fully saturated rings. The standard InChI is InChI=1S/C16H21N5O2S/c1-19-7-4-14(18-19)21-6-2-3-12(16(21)22)20-8-9-23-13(11-20)15-17-5-10-24-15/h4-5,7,10,12-13H,2-3,6,8-9,11H2,1H3. The van der Waals surface area contributed by atoms with Crippen molar-refractivity contribution in [3.8, 4) is 0 Å². The molecule has 0 saturated carbocycles. The summed E-state index contributed by atoms with van der Waals surface area (Å²) in [5.74, 6) is 0.900. The number of morpholine rings is 1. The molecule has 2 atom stereocenters. The highest BCUT2D eigenvalue weighted by molar-refractivity contribution is 7.09. The lowest BCUT2D eigenvalue weighted by atomic mass is 10.0. The van der Waals surface area contributed by atoms with Crippen molar-refractivity contribution < 1.29 is 9.53 Å². The van der Waals surface area contributed by atoms with Crippen molar-refractivity contribution >= 4 is 23.1 Å². The van der Waals surface area contributed by atoms with Crippen LogP contribution in [0.25, 0.3) is 0 Å². The minimum absolute atomic E-state index is 0.0308. The second-order valence-electron chi connectivity index (χ2n) is 6.22. The quantitative estimate of drug-likeness (QED) is 0.841. The van der Waals surface area contributed by atoms with Gasteiger partial charge in [-0.2, -0.15) is 5.10 Å². The summed E-state index contributed by atoms with van der Waals surface area (Å²) in [6.45, 7) is 2.89. The lowest BCUT2D eigenvalue weighted by Crippen LogP contribution is -2.55. The van der Waals surface area contributed by atoms with Crippen molar-refractivity contribution in [1.29, 1.82) is 0 Å². The van der Waals surface area contributed by atoms with E-state index in [1.807, 2.05) is 29.6 Å². The van der Waals surface area contributed by atoms with Crippen LogP contribution >= 0.6 is 11.3 Å². The Morgan fingerprint density at radius 3 is 3.04 bits per heavy atom. The number of hydrogen-bond donors (Lipinski definition) is 0. The van der Waals surface area contributed by atoms with Gasteiger partial charge in [0.15, 0.2) is 5.82 Å². The third-order valence-electron chi connectivity index (χ3n) is 4.65. The Morgan fingerprint density at radius 1 is 1.38 bits per heavy atom. The average Bonchev–Trinajstić information content (AvgIpc) is 3.27. The van der Waals surface area contributed by atoms with Gasteiger partial charge in [-0.3, -0.25) is 19.3 Å². The van der Waals surface area contributed by atoms with Gasteiger partial charge >= 0.3 is 0 Å². The molecule has 2 unspecified atom stereocenters. The Bertz CT molecular complexity index is 701. The van der Waals surface area contributed by atoms with Crippen LogP contribution in [0.3, 0.4) is 0 Å². The first-order valence-corrected chi connectivity index (χ1v) is 9.16. The van der Waals surface area contributed by atoms with Crippen molar-refractivity contribution in [1.82, 2.24) is 19.7 Å². The number of anilines is 1. The van der Waals surface area contributed by atoms with Gasteiger partial charge < -0.3 is 4.74 Å². The second-order valence-corrected chi connectivity index (χ2v) is 7.15. The molecular formula is C16H21N5O2S. The molecule has 128 valence electrons. The third-order valence-corrected chi connectivity index (χ3v) is 5.52. The number of aromatic nitrogens is 3. The van der Waals surface area contributed by atoms with Crippen LogP contribution in [0, 0.1) is 0 Å². The van der Waals surface area contributed by atoms with Gasteiger partial charge in [0.05, 0.1) is 12.6 Å². The molecule has 0 spiro atoms. The molecule has 2 aliphatic heterocycles. The molecule has 4 heterocycles. The van der Waals surface area contributed by atoms with Crippen molar-refractivity contribution in [2.45, 2.75) is 25.0 Å². The number of rotatable bonds is 3. The van der Waals surface area contributed by atoms with E-state index < -0.39 is 0 Å². The number of nitrogens with zero attached hydrogens (tertiary/aromatic N) is 5. The fourth-order valence-corrected chi connectivity index (χ4v) is 4.14. The van der Waals surface area contributed by atoms with Crippen LogP contribution < -0.4 is 4.90 Å². The van der Waals surface area contributed by atoms with Crippen LogP contribution in [0.2, 0.25) is 0 Å². The van der Waals surface area contributed by atoms with Crippen molar-refractivity contribution in [2.75, 3.05) is 31.1 Å². The topological polar surface area (TPSA) is 63.5 Å². The fourth-order valence-electron chi connectivity index (χ4n) is 3.46. The van der Waals surface area contributed by atoms with Crippen LogP contribution in [0.4, 0.5) is 5.82 Å². The minimum Gasteiger partial charge on any atom is -0.368 e. The fraction of sp³-hybridized carbons (Fsp3) is 0.562. The maximum Gasteiger partial charge on any atom is 0.245 e. The van der Waals surface area contributed by atoms with E-state index in [-0.39, 0.29) is 18.1 Å². The normalized spacial score (nSPS) is 26.0. The molecule has 0 aromatic carbocycles. The number of hydrogen-bond acceptors (Lipinski definition) is 6. The number of ether oxygens (including phenoxy) is 1. The SMILES string of the molecule is Cn1ccc(N2CCCC(N3CCOC(c4nccs4)C3)C2=O)n1. The molecule has 2 saturated heterocycles. The van der Waals surface area contributed by atoms with E-state index in [4.69, 9.17) is 4.74 Å². The summed E-state index contributed by atoms with van der Waals surface area (Å²) in [6, 6.07) is 1.81. The van der Waals surface area contributed by atoms with E-state index in [0.29, 0.717) is 6.61 Å². The lowest BCUT2D eigenvalue weighted by Gasteiger charge is -2.41. The largest absolute Gasteiger partial charge is 0.368 e. The summed E-state index contributed by atoms with van der Waals surface area (Å²) >= 11 is 1.61. The zero-order valence-corrected chi connectivity index (χ0v) is 14.5. The van der Waals surface area contributed by atoms with Crippen molar-refractivity contribution in [3.63, 3.8) is 0 Å². The monoisotopic (exact) mass is 347 g/mol. The summed E-state index contributed by atoms with van der Waals surface area (Å²) in [6.07, 6.45) is 5.53. The van der Waals surface area contributed by atoms with Gasteiger partial charge in [0, 0.05) is 50.5 Å². The molecule has 0 bridgehead atoms. The molecular weight excluding hydrogens is 326 g/mol. The van der Waals surface area contributed by atoms with Crippen molar-refractivity contribution in [3.05, 3.63) is 28.8 Å². The molecule has 0 aliphatic carbocycles. The Labute approximate surface area is 144 Å². The average molecular weight is 347 g/mol. The van der Waals surface area contributed by atoms with Crippen LogP contribution in [-0.4, -0.2) is 57.9 Å². The zero-order valence-electron chi connectivity index (χ0n) is 13.7. The van der Waals surface area contributed by atoms with E-state index in [9.17, 15) is 4.79 Å². The Morgan fingerprint density at radius 2 is 2.29 bits per heavy atom. The number of carbonyl (C=O) groups excluding carboxylic acids is 1. The summed E-state index contributed by atoms with van der Waals surface area (Å²) in [5.41, 5.74) is 0. The molecule has 0 radical (unpaired) electrons. The first kappa shape index (κ1) is 15.7. The molecule has 4 rings (SSSR count). The van der Waals surface area contributed by atoms with E-state index in [1.54, 1.807) is 22.2 Å². The van der Waals surface area contributed by atoms with Gasteiger partial charge in [-0.05, 0) is 12.8 Å². The summed E-state index contributed by atoms with van der Waals surface area (Å²) < 4.78 is 7.59. The lowest BCUT2D eigenvalue weighted by molar-refractivity contribution is -0.129. The highest BCUT2D eigenvalue weighted by Gasteiger charge is 2.37. The van der Waals surface area contributed by atoms with Crippen LogP contribution in [0.15, 0.2) is 23.8 Å². The maximum absolute atomic E-state index is 13.0. The molecule has 2 aliphatic rings. The molecule has 0 N–H and O–H groups in total. The first-order valence-electron chi connectivity index (χ1n) is 8.28. The Hall–Kier alpha value is -1.77. The van der Waals surface area contributed by atoms with Gasteiger partial charge in [-0.1, -0.05) is 0 Å². The Balaban J connectivity index is 1.49. The van der Waals surface area contributed by atoms with E-state index in [0.717, 1.165) is 43.3 Å². The van der Waals surface area contributed by atoms with Crippen LogP contribution in [0.5, 0.6) is 0 Å².